The summed E-state index contributed by atoms with van der Waals surface area (Å²) in [5, 5.41) is 3.67. The molecule has 0 aromatic heterocycles. The topological polar surface area (TPSA) is 55.1 Å². The Morgan fingerprint density at radius 3 is 2.71 bits per heavy atom. The fourth-order valence-electron chi connectivity index (χ4n) is 0.142. The molecular formula is C3H6N2OS. The van der Waals surface area contributed by atoms with Crippen LogP contribution in [0, 0.1) is 0 Å². The molecule has 0 aromatic carbocycles. The van der Waals surface area contributed by atoms with Crippen molar-refractivity contribution in [2.45, 2.75) is 0 Å². The summed E-state index contributed by atoms with van der Waals surface area (Å²) in [6, 6.07) is -0.541. The van der Waals surface area contributed by atoms with Crippen molar-refractivity contribution in [1.82, 2.24) is 5.32 Å². The maximum absolute atomic E-state index is 9.80. The number of thiocarbonyl (C=S) groups is 1. The molecule has 0 saturated heterocycles. The molecule has 0 aliphatic rings. The van der Waals surface area contributed by atoms with Crippen molar-refractivity contribution in [3.63, 3.8) is 0 Å². The molecule has 0 spiro atoms. The molecule has 0 rings (SSSR count). The molecule has 40 valence electrons. The molecule has 0 saturated carbocycles. The third-order valence-corrected chi connectivity index (χ3v) is 0.526. The SMILES string of the molecule is NC(=O)NCC=S. The Morgan fingerprint density at radius 2 is 2.57 bits per heavy atom. The number of hydrogen-bond acceptors (Lipinski definition) is 2. The smallest absolute Gasteiger partial charge is 0.312 e. The van der Waals surface area contributed by atoms with Gasteiger partial charge in [-0.3, -0.25) is 0 Å². The maximum atomic E-state index is 9.80. The number of carbonyl (C=O) groups is 1. The Morgan fingerprint density at radius 1 is 2.00 bits per heavy atom. The fourth-order valence-corrected chi connectivity index (χ4v) is 0.226. The van der Waals surface area contributed by atoms with Crippen LogP contribution in [-0.2, 0) is 0 Å². The van der Waals surface area contributed by atoms with Crippen molar-refractivity contribution in [2.24, 2.45) is 5.73 Å². The number of nitrogens with two attached hydrogens (primary N) is 1. The van der Waals surface area contributed by atoms with Crippen LogP contribution in [-0.4, -0.2) is 17.9 Å². The Kier molecular flexibility index (Phi) is 3.22. The minimum atomic E-state index is -0.541. The molecule has 0 atom stereocenters. The number of urea groups is 1. The van der Waals surface area contributed by atoms with Crippen LogP contribution in [0.3, 0.4) is 0 Å². The van der Waals surface area contributed by atoms with Crippen LogP contribution >= 0.6 is 12.2 Å². The Hall–Kier alpha value is -0.640. The van der Waals surface area contributed by atoms with Gasteiger partial charge in [0.15, 0.2) is 0 Å². The highest BCUT2D eigenvalue weighted by Crippen LogP contribution is 1.52. The second kappa shape index (κ2) is 3.55. The lowest BCUT2D eigenvalue weighted by atomic mass is 10.7. The van der Waals surface area contributed by atoms with Gasteiger partial charge in [0.05, 0.1) is 0 Å². The first-order valence-electron chi connectivity index (χ1n) is 1.74. The van der Waals surface area contributed by atoms with Crippen LogP contribution in [0.2, 0.25) is 0 Å². The van der Waals surface area contributed by atoms with Crippen molar-refractivity contribution >= 4 is 23.6 Å². The number of primary amides is 1. The van der Waals surface area contributed by atoms with Crippen molar-refractivity contribution < 1.29 is 4.79 Å². The summed E-state index contributed by atoms with van der Waals surface area (Å²) in [6.45, 7) is 0.366. The standard InChI is InChI=1S/C3H6N2OS/c4-3(6)5-1-2-7/h2H,1H2,(H3,4,5,6). The third-order valence-electron chi connectivity index (χ3n) is 0.360. The van der Waals surface area contributed by atoms with E-state index in [4.69, 9.17) is 0 Å². The maximum Gasteiger partial charge on any atom is 0.312 e. The first-order valence-corrected chi connectivity index (χ1v) is 2.21. The molecule has 3 nitrogen and oxygen atoms in total. The summed E-state index contributed by atoms with van der Waals surface area (Å²) in [5.74, 6) is 0. The molecule has 4 heteroatoms. The second-order valence-corrected chi connectivity index (χ2v) is 1.25. The van der Waals surface area contributed by atoms with Crippen molar-refractivity contribution in [3.05, 3.63) is 0 Å². The highest BCUT2D eigenvalue weighted by molar-refractivity contribution is 7.79. The van der Waals surface area contributed by atoms with E-state index in [1.807, 2.05) is 0 Å². The van der Waals surface area contributed by atoms with Gasteiger partial charge in [-0.2, -0.15) is 0 Å². The monoisotopic (exact) mass is 118 g/mol. The van der Waals surface area contributed by atoms with Crippen LogP contribution in [0.5, 0.6) is 0 Å². The van der Waals surface area contributed by atoms with E-state index in [0.29, 0.717) is 6.54 Å². The van der Waals surface area contributed by atoms with Crippen LogP contribution in [0.1, 0.15) is 0 Å². The van der Waals surface area contributed by atoms with E-state index in [0.717, 1.165) is 0 Å². The first-order chi connectivity index (χ1) is 3.27. The molecule has 0 bridgehead atoms. The van der Waals surface area contributed by atoms with Gasteiger partial charge < -0.3 is 11.1 Å². The summed E-state index contributed by atoms with van der Waals surface area (Å²) in [5.41, 5.74) is 4.66. The molecule has 0 unspecified atom stereocenters. The van der Waals surface area contributed by atoms with Gasteiger partial charge in [0, 0.05) is 6.54 Å². The van der Waals surface area contributed by atoms with Crippen LogP contribution in [0.4, 0.5) is 4.79 Å². The lowest BCUT2D eigenvalue weighted by Crippen LogP contribution is -2.30. The minimum absolute atomic E-state index is 0.366. The normalized spacial score (nSPS) is 7.43. The van der Waals surface area contributed by atoms with E-state index in [2.05, 4.69) is 23.3 Å². The molecule has 2 amide bonds. The zero-order valence-electron chi connectivity index (χ0n) is 3.68. The molecule has 0 radical (unpaired) electrons. The van der Waals surface area contributed by atoms with Gasteiger partial charge in [0.25, 0.3) is 0 Å². The zero-order valence-corrected chi connectivity index (χ0v) is 4.49. The average Bonchev–Trinajstić information content (AvgIpc) is 1.61. The number of hydrogen-bond donors (Lipinski definition) is 2. The zero-order chi connectivity index (χ0) is 5.70. The molecule has 0 aromatic rings. The predicted molar refractivity (Wildman–Crippen MR) is 31.2 cm³/mol. The molecule has 0 heterocycles. The van der Waals surface area contributed by atoms with Crippen molar-refractivity contribution in [2.75, 3.05) is 6.54 Å². The minimum Gasteiger partial charge on any atom is -0.352 e. The first kappa shape index (κ1) is 6.36. The Balaban J connectivity index is 2.97. The summed E-state index contributed by atoms with van der Waals surface area (Å²) in [7, 11) is 0. The number of carbonyl (C=O) groups excluding carboxylic acids is 1. The summed E-state index contributed by atoms with van der Waals surface area (Å²) in [4.78, 5) is 9.80. The van der Waals surface area contributed by atoms with Gasteiger partial charge in [0.2, 0.25) is 0 Å². The van der Waals surface area contributed by atoms with Gasteiger partial charge in [-0.1, -0.05) is 12.2 Å². The quantitative estimate of drug-likeness (QED) is 0.487. The highest BCUT2D eigenvalue weighted by atomic mass is 32.1. The third kappa shape index (κ3) is 5.36. The molecule has 7 heavy (non-hydrogen) atoms. The van der Waals surface area contributed by atoms with Crippen molar-refractivity contribution in [3.8, 4) is 0 Å². The number of amides is 2. The van der Waals surface area contributed by atoms with Crippen LogP contribution < -0.4 is 11.1 Å². The average molecular weight is 118 g/mol. The van der Waals surface area contributed by atoms with Gasteiger partial charge in [0.1, 0.15) is 0 Å². The lowest BCUT2D eigenvalue weighted by Gasteiger charge is -1.89. The van der Waals surface area contributed by atoms with Crippen LogP contribution in [0.25, 0.3) is 0 Å². The van der Waals surface area contributed by atoms with E-state index >= 15 is 0 Å². The van der Waals surface area contributed by atoms with E-state index in [-0.39, 0.29) is 0 Å². The second-order valence-electron chi connectivity index (χ2n) is 0.912. The summed E-state index contributed by atoms with van der Waals surface area (Å²) >= 11 is 4.38. The molecule has 0 fully saturated rings. The summed E-state index contributed by atoms with van der Waals surface area (Å²) < 4.78 is 0. The largest absolute Gasteiger partial charge is 0.352 e. The van der Waals surface area contributed by atoms with E-state index in [1.165, 1.54) is 5.37 Å². The van der Waals surface area contributed by atoms with Gasteiger partial charge in [-0.05, 0) is 5.37 Å². The Labute approximate surface area is 46.9 Å². The molecule has 0 aliphatic carbocycles. The van der Waals surface area contributed by atoms with E-state index < -0.39 is 6.03 Å². The lowest BCUT2D eigenvalue weighted by molar-refractivity contribution is 0.250. The molecule has 0 aliphatic heterocycles. The molecular weight excluding hydrogens is 112 g/mol. The number of rotatable bonds is 2. The van der Waals surface area contributed by atoms with Gasteiger partial charge >= 0.3 is 6.03 Å². The van der Waals surface area contributed by atoms with E-state index in [1.54, 1.807) is 0 Å². The van der Waals surface area contributed by atoms with Crippen molar-refractivity contribution in [1.29, 1.82) is 0 Å². The van der Waals surface area contributed by atoms with Crippen LogP contribution in [0.15, 0.2) is 0 Å². The fraction of sp³-hybridized carbons (Fsp3) is 0.333. The molecule has 3 N–H and O–H groups in total. The number of nitrogens with one attached hydrogen (secondary N) is 1. The van der Waals surface area contributed by atoms with Gasteiger partial charge in [-0.25, -0.2) is 4.79 Å². The summed E-state index contributed by atoms with van der Waals surface area (Å²) in [6.07, 6.45) is 0. The van der Waals surface area contributed by atoms with Gasteiger partial charge in [-0.15, -0.1) is 0 Å². The predicted octanol–water partition coefficient (Wildman–Crippen LogP) is -0.346. The van der Waals surface area contributed by atoms with E-state index in [9.17, 15) is 4.79 Å². The highest BCUT2D eigenvalue weighted by Gasteiger charge is 1.82. The Bertz CT molecular complexity index is 83.0.